The van der Waals surface area contributed by atoms with Crippen LogP contribution in [0, 0.1) is 6.92 Å². The van der Waals surface area contributed by atoms with Crippen molar-refractivity contribution >= 4 is 21.9 Å². The highest BCUT2D eigenvalue weighted by Crippen LogP contribution is 2.16. The first kappa shape index (κ1) is 22.6. The molecule has 0 aliphatic rings. The Bertz CT molecular complexity index is 951. The van der Waals surface area contributed by atoms with Crippen molar-refractivity contribution in [2.24, 2.45) is 0 Å². The van der Waals surface area contributed by atoms with Gasteiger partial charge in [-0.15, -0.1) is 0 Å². The molecule has 0 radical (unpaired) electrons. The van der Waals surface area contributed by atoms with E-state index in [2.05, 4.69) is 5.32 Å². The van der Waals surface area contributed by atoms with Crippen molar-refractivity contribution in [1.29, 1.82) is 0 Å². The molecule has 1 amide bonds. The maximum atomic E-state index is 12.5. The smallest absolute Gasteiger partial charge is 0.325 e. The van der Waals surface area contributed by atoms with Gasteiger partial charge in [-0.05, 0) is 36.8 Å². The third-order valence-electron chi connectivity index (χ3n) is 4.34. The van der Waals surface area contributed by atoms with Gasteiger partial charge in [-0.25, -0.2) is 8.42 Å². The van der Waals surface area contributed by atoms with Gasteiger partial charge in [-0.3, -0.25) is 9.59 Å². The van der Waals surface area contributed by atoms with Crippen LogP contribution in [0.1, 0.15) is 35.3 Å². The number of amides is 1. The first-order chi connectivity index (χ1) is 13.8. The van der Waals surface area contributed by atoms with Crippen molar-refractivity contribution in [2.75, 3.05) is 19.6 Å². The first-order valence-corrected chi connectivity index (χ1v) is 10.8. The summed E-state index contributed by atoms with van der Waals surface area (Å²) in [6.45, 7) is 6.07. The standard InChI is InChI=1S/C21H26N2O5S/c1-4-23(5-2)29(26,27)19-11-9-18(10-12-19)21(25)22-14-20(24)28-15-17-8-6-7-16(3)13-17/h6-13H,4-5,14-15H2,1-3H3,(H,22,25). The lowest BCUT2D eigenvalue weighted by Crippen LogP contribution is -2.31. The molecule has 2 aromatic carbocycles. The molecule has 0 aliphatic carbocycles. The molecule has 0 aliphatic heterocycles. The van der Waals surface area contributed by atoms with E-state index < -0.39 is 21.9 Å². The summed E-state index contributed by atoms with van der Waals surface area (Å²) in [5.74, 6) is -1.04. The van der Waals surface area contributed by atoms with Crippen LogP contribution in [0.15, 0.2) is 53.4 Å². The molecule has 156 valence electrons. The number of esters is 1. The molecule has 2 aromatic rings. The minimum Gasteiger partial charge on any atom is -0.460 e. The molecule has 0 heterocycles. The minimum absolute atomic E-state index is 0.121. The summed E-state index contributed by atoms with van der Waals surface area (Å²) in [5.41, 5.74) is 2.20. The quantitative estimate of drug-likeness (QED) is 0.632. The van der Waals surface area contributed by atoms with E-state index in [4.69, 9.17) is 4.74 Å². The zero-order valence-electron chi connectivity index (χ0n) is 16.8. The zero-order chi connectivity index (χ0) is 21.4. The Morgan fingerprint density at radius 3 is 2.28 bits per heavy atom. The number of rotatable bonds is 9. The molecule has 7 nitrogen and oxygen atoms in total. The maximum absolute atomic E-state index is 12.5. The number of hydrogen-bond acceptors (Lipinski definition) is 5. The summed E-state index contributed by atoms with van der Waals surface area (Å²) in [7, 11) is -3.58. The van der Waals surface area contributed by atoms with Gasteiger partial charge in [0.25, 0.3) is 5.91 Å². The average Bonchev–Trinajstić information content (AvgIpc) is 2.71. The Labute approximate surface area is 171 Å². The van der Waals surface area contributed by atoms with Gasteiger partial charge in [0.2, 0.25) is 10.0 Å². The summed E-state index contributed by atoms with van der Waals surface area (Å²) in [5, 5.41) is 2.48. The maximum Gasteiger partial charge on any atom is 0.325 e. The van der Waals surface area contributed by atoms with Crippen LogP contribution in [0.2, 0.25) is 0 Å². The molecule has 0 saturated heterocycles. The molecule has 1 N–H and O–H groups in total. The lowest BCUT2D eigenvalue weighted by molar-refractivity contribution is -0.143. The van der Waals surface area contributed by atoms with Crippen molar-refractivity contribution in [3.8, 4) is 0 Å². The van der Waals surface area contributed by atoms with Gasteiger partial charge in [0.1, 0.15) is 13.2 Å². The van der Waals surface area contributed by atoms with Gasteiger partial charge < -0.3 is 10.1 Å². The van der Waals surface area contributed by atoms with Crippen LogP contribution in [0.3, 0.4) is 0 Å². The number of ether oxygens (including phenoxy) is 1. The molecular weight excluding hydrogens is 392 g/mol. The third kappa shape index (κ3) is 6.13. The normalized spacial score (nSPS) is 11.3. The summed E-state index contributed by atoms with van der Waals surface area (Å²) in [4.78, 5) is 24.2. The summed E-state index contributed by atoms with van der Waals surface area (Å²) in [6, 6.07) is 13.2. The second-order valence-electron chi connectivity index (χ2n) is 6.45. The lowest BCUT2D eigenvalue weighted by Gasteiger charge is -2.18. The van der Waals surface area contributed by atoms with Crippen molar-refractivity contribution in [3.63, 3.8) is 0 Å². The van der Waals surface area contributed by atoms with Gasteiger partial charge in [-0.2, -0.15) is 4.31 Å². The molecule has 0 spiro atoms. The fourth-order valence-electron chi connectivity index (χ4n) is 2.76. The molecule has 0 aromatic heterocycles. The number of nitrogens with one attached hydrogen (secondary N) is 1. The van der Waals surface area contributed by atoms with Crippen LogP contribution in [-0.2, 0) is 26.2 Å². The second kappa shape index (κ2) is 10.2. The van der Waals surface area contributed by atoms with Crippen LogP contribution in [0.5, 0.6) is 0 Å². The van der Waals surface area contributed by atoms with E-state index in [1.807, 2.05) is 31.2 Å². The fraction of sp³-hybridized carbons (Fsp3) is 0.333. The van der Waals surface area contributed by atoms with E-state index in [0.29, 0.717) is 13.1 Å². The molecule has 2 rings (SSSR count). The number of nitrogens with zero attached hydrogens (tertiary/aromatic N) is 1. The number of sulfonamides is 1. The molecule has 0 unspecified atom stereocenters. The highest BCUT2D eigenvalue weighted by molar-refractivity contribution is 7.89. The van der Waals surface area contributed by atoms with Crippen molar-refractivity contribution in [1.82, 2.24) is 9.62 Å². The minimum atomic E-state index is -3.58. The van der Waals surface area contributed by atoms with Gasteiger partial charge in [0, 0.05) is 18.7 Å². The monoisotopic (exact) mass is 418 g/mol. The van der Waals surface area contributed by atoms with Crippen LogP contribution < -0.4 is 5.32 Å². The number of aryl methyl sites for hydroxylation is 1. The van der Waals surface area contributed by atoms with Crippen molar-refractivity contribution in [2.45, 2.75) is 32.3 Å². The van der Waals surface area contributed by atoms with E-state index in [1.54, 1.807) is 13.8 Å². The van der Waals surface area contributed by atoms with Crippen LogP contribution >= 0.6 is 0 Å². The number of benzene rings is 2. The van der Waals surface area contributed by atoms with E-state index in [0.717, 1.165) is 11.1 Å². The molecule has 0 saturated carbocycles. The van der Waals surface area contributed by atoms with Crippen LogP contribution in [0.4, 0.5) is 0 Å². The molecule has 0 atom stereocenters. The fourth-order valence-corrected chi connectivity index (χ4v) is 4.22. The SMILES string of the molecule is CCN(CC)S(=O)(=O)c1ccc(C(=O)NCC(=O)OCc2cccc(C)c2)cc1. The average molecular weight is 419 g/mol. The molecular formula is C21H26N2O5S. The predicted molar refractivity (Wildman–Crippen MR) is 110 cm³/mol. The molecule has 29 heavy (non-hydrogen) atoms. The van der Waals surface area contributed by atoms with Gasteiger partial charge >= 0.3 is 5.97 Å². The van der Waals surface area contributed by atoms with E-state index in [9.17, 15) is 18.0 Å². The Balaban J connectivity index is 1.90. The van der Waals surface area contributed by atoms with Crippen LogP contribution in [-0.4, -0.2) is 44.2 Å². The summed E-state index contributed by atoms with van der Waals surface area (Å²) < 4.78 is 31.4. The Hall–Kier alpha value is -2.71. The van der Waals surface area contributed by atoms with Gasteiger partial charge in [-0.1, -0.05) is 43.7 Å². The van der Waals surface area contributed by atoms with Crippen molar-refractivity contribution < 1.29 is 22.7 Å². The highest BCUT2D eigenvalue weighted by atomic mass is 32.2. The van der Waals surface area contributed by atoms with Gasteiger partial charge in [0.05, 0.1) is 4.90 Å². The van der Waals surface area contributed by atoms with Crippen LogP contribution in [0.25, 0.3) is 0 Å². The van der Waals surface area contributed by atoms with E-state index in [-0.39, 0.29) is 23.6 Å². The number of carbonyl (C=O) groups excluding carboxylic acids is 2. The molecule has 0 fully saturated rings. The first-order valence-electron chi connectivity index (χ1n) is 9.37. The summed E-state index contributed by atoms with van der Waals surface area (Å²) in [6.07, 6.45) is 0. The largest absolute Gasteiger partial charge is 0.460 e. The molecule has 0 bridgehead atoms. The lowest BCUT2D eigenvalue weighted by atomic mass is 10.1. The highest BCUT2D eigenvalue weighted by Gasteiger charge is 2.21. The Kier molecular flexibility index (Phi) is 7.92. The summed E-state index contributed by atoms with van der Waals surface area (Å²) >= 11 is 0. The van der Waals surface area contributed by atoms with Gasteiger partial charge in [0.15, 0.2) is 0 Å². The topological polar surface area (TPSA) is 92.8 Å². The van der Waals surface area contributed by atoms with E-state index in [1.165, 1.54) is 28.6 Å². The second-order valence-corrected chi connectivity index (χ2v) is 8.38. The van der Waals surface area contributed by atoms with Crippen molar-refractivity contribution in [3.05, 3.63) is 65.2 Å². The zero-order valence-corrected chi connectivity index (χ0v) is 17.7. The molecule has 8 heteroatoms. The number of hydrogen-bond donors (Lipinski definition) is 1. The van der Waals surface area contributed by atoms with E-state index >= 15 is 0 Å². The Morgan fingerprint density at radius 1 is 1.03 bits per heavy atom. The third-order valence-corrected chi connectivity index (χ3v) is 6.40. The number of carbonyl (C=O) groups is 2. The Morgan fingerprint density at radius 2 is 1.69 bits per heavy atom. The predicted octanol–water partition coefficient (Wildman–Crippen LogP) is 2.50.